The van der Waals surface area contributed by atoms with Gasteiger partial charge < -0.3 is 5.32 Å². The molecule has 3 rings (SSSR count). The molecule has 0 saturated carbocycles. The molecule has 2 aromatic heterocycles. The van der Waals surface area contributed by atoms with Crippen LogP contribution in [0.3, 0.4) is 0 Å². The number of halogens is 1. The quantitative estimate of drug-likeness (QED) is 0.606. The van der Waals surface area contributed by atoms with Crippen LogP contribution in [0.25, 0.3) is 11.0 Å². The van der Waals surface area contributed by atoms with E-state index in [-0.39, 0.29) is 0 Å². The number of aryl methyl sites for hydroxylation is 2. The van der Waals surface area contributed by atoms with E-state index in [2.05, 4.69) is 43.3 Å². The smallest absolute Gasteiger partial charge is 0.308 e. The van der Waals surface area contributed by atoms with Crippen LogP contribution < -0.4 is 10.6 Å². The fourth-order valence-electron chi connectivity index (χ4n) is 2.30. The van der Waals surface area contributed by atoms with Gasteiger partial charge in [0.2, 0.25) is 0 Å². The lowest BCUT2D eigenvalue weighted by molar-refractivity contribution is 0.0967. The summed E-state index contributed by atoms with van der Waals surface area (Å²) < 4.78 is 2.70. The minimum absolute atomic E-state index is 0.302. The number of hydrogen-bond donors (Lipinski definition) is 2. The molecule has 0 bridgehead atoms. The van der Waals surface area contributed by atoms with E-state index in [1.54, 1.807) is 29.9 Å². The molecule has 0 radical (unpaired) electrons. The van der Waals surface area contributed by atoms with Gasteiger partial charge in [0.1, 0.15) is 0 Å². The van der Waals surface area contributed by atoms with Crippen molar-refractivity contribution in [2.24, 2.45) is 7.05 Å². The number of aromatic nitrogens is 3. The molecular formula is C16H14IN5O2. The number of amides is 3. The Hall–Kier alpha value is -2.49. The van der Waals surface area contributed by atoms with Crippen LogP contribution in [0.4, 0.5) is 10.5 Å². The van der Waals surface area contributed by atoms with Crippen molar-refractivity contribution >= 4 is 51.2 Å². The van der Waals surface area contributed by atoms with Crippen LogP contribution in [0.15, 0.2) is 36.5 Å². The molecule has 0 aliphatic carbocycles. The molecule has 2 heterocycles. The Kier molecular flexibility index (Phi) is 4.47. The van der Waals surface area contributed by atoms with Crippen molar-refractivity contribution < 1.29 is 9.59 Å². The van der Waals surface area contributed by atoms with Crippen molar-refractivity contribution in [3.63, 3.8) is 0 Å². The molecule has 7 nitrogen and oxygen atoms in total. The van der Waals surface area contributed by atoms with Gasteiger partial charge in [-0.3, -0.25) is 14.8 Å². The van der Waals surface area contributed by atoms with E-state index in [1.165, 1.54) is 6.20 Å². The number of urea groups is 1. The molecule has 0 aliphatic rings. The lowest BCUT2D eigenvalue weighted by Gasteiger charge is -2.07. The van der Waals surface area contributed by atoms with Gasteiger partial charge in [0, 0.05) is 27.9 Å². The number of benzene rings is 1. The van der Waals surface area contributed by atoms with Crippen molar-refractivity contribution in [2.45, 2.75) is 6.92 Å². The maximum atomic E-state index is 12.2. The molecule has 0 saturated heterocycles. The fourth-order valence-corrected chi connectivity index (χ4v) is 2.66. The molecule has 8 heteroatoms. The summed E-state index contributed by atoms with van der Waals surface area (Å²) in [6, 6.07) is 8.33. The second-order valence-electron chi connectivity index (χ2n) is 5.22. The first-order valence-electron chi connectivity index (χ1n) is 7.11. The van der Waals surface area contributed by atoms with Crippen LogP contribution in [-0.4, -0.2) is 26.7 Å². The van der Waals surface area contributed by atoms with Gasteiger partial charge in [-0.15, -0.1) is 0 Å². The maximum absolute atomic E-state index is 12.2. The van der Waals surface area contributed by atoms with Gasteiger partial charge in [0.15, 0.2) is 5.65 Å². The van der Waals surface area contributed by atoms with Gasteiger partial charge in [-0.25, -0.2) is 9.78 Å². The maximum Gasteiger partial charge on any atom is 0.326 e. The zero-order chi connectivity index (χ0) is 17.3. The van der Waals surface area contributed by atoms with Crippen molar-refractivity contribution in [3.8, 4) is 0 Å². The van der Waals surface area contributed by atoms with Gasteiger partial charge in [-0.05, 0) is 59.8 Å². The molecule has 24 heavy (non-hydrogen) atoms. The van der Waals surface area contributed by atoms with Crippen LogP contribution in [0.1, 0.15) is 16.1 Å². The molecule has 0 fully saturated rings. The molecule has 1 aromatic carbocycles. The highest BCUT2D eigenvalue weighted by atomic mass is 127. The van der Waals surface area contributed by atoms with E-state index < -0.39 is 11.9 Å². The zero-order valence-corrected chi connectivity index (χ0v) is 15.2. The van der Waals surface area contributed by atoms with Gasteiger partial charge in [0.05, 0.1) is 11.3 Å². The van der Waals surface area contributed by atoms with Crippen molar-refractivity contribution in [2.75, 3.05) is 5.32 Å². The number of carbonyl (C=O) groups excluding carboxylic acids is 2. The molecule has 0 atom stereocenters. The van der Waals surface area contributed by atoms with Crippen LogP contribution in [0.5, 0.6) is 0 Å². The lowest BCUT2D eigenvalue weighted by atomic mass is 10.2. The number of pyridine rings is 1. The Labute approximate surface area is 151 Å². The van der Waals surface area contributed by atoms with Crippen molar-refractivity contribution in [1.82, 2.24) is 20.1 Å². The number of carbonyl (C=O) groups is 2. The van der Waals surface area contributed by atoms with E-state index >= 15 is 0 Å². The average molecular weight is 435 g/mol. The SMILES string of the molecule is Cc1nn(C)c2ncc(C(=O)NC(=O)Nc3ccc(I)cc3)cc12. The van der Waals surface area contributed by atoms with E-state index in [0.29, 0.717) is 16.9 Å². The van der Waals surface area contributed by atoms with E-state index in [4.69, 9.17) is 0 Å². The normalized spacial score (nSPS) is 10.6. The first-order chi connectivity index (χ1) is 11.4. The summed E-state index contributed by atoms with van der Waals surface area (Å²) in [5.74, 6) is -0.518. The van der Waals surface area contributed by atoms with E-state index in [0.717, 1.165) is 14.7 Å². The minimum Gasteiger partial charge on any atom is -0.308 e. The number of imide groups is 1. The second-order valence-corrected chi connectivity index (χ2v) is 6.46. The Morgan fingerprint density at radius 1 is 1.21 bits per heavy atom. The molecule has 0 aliphatic heterocycles. The number of fused-ring (bicyclic) bond motifs is 1. The third-order valence-electron chi connectivity index (χ3n) is 3.45. The van der Waals surface area contributed by atoms with Crippen LogP contribution in [0.2, 0.25) is 0 Å². The number of anilines is 1. The minimum atomic E-state index is -0.593. The van der Waals surface area contributed by atoms with Gasteiger partial charge in [0.25, 0.3) is 5.91 Å². The summed E-state index contributed by atoms with van der Waals surface area (Å²) in [4.78, 5) is 28.4. The Morgan fingerprint density at radius 3 is 2.62 bits per heavy atom. The molecule has 122 valence electrons. The van der Waals surface area contributed by atoms with Crippen molar-refractivity contribution in [1.29, 1.82) is 0 Å². The predicted molar refractivity (Wildman–Crippen MR) is 98.9 cm³/mol. The Morgan fingerprint density at radius 2 is 1.92 bits per heavy atom. The molecule has 0 spiro atoms. The predicted octanol–water partition coefficient (Wildman–Crippen LogP) is 2.84. The highest BCUT2D eigenvalue weighted by Gasteiger charge is 2.14. The summed E-state index contributed by atoms with van der Waals surface area (Å²) in [5, 5.41) is 9.94. The van der Waals surface area contributed by atoms with Gasteiger partial charge >= 0.3 is 6.03 Å². The van der Waals surface area contributed by atoms with E-state index in [1.807, 2.05) is 19.1 Å². The summed E-state index contributed by atoms with van der Waals surface area (Å²) in [7, 11) is 1.79. The molecular weight excluding hydrogens is 421 g/mol. The monoisotopic (exact) mass is 435 g/mol. The van der Waals surface area contributed by atoms with E-state index in [9.17, 15) is 9.59 Å². The number of nitrogens with one attached hydrogen (secondary N) is 2. The average Bonchev–Trinajstić information content (AvgIpc) is 2.83. The summed E-state index contributed by atoms with van der Waals surface area (Å²) in [6.45, 7) is 1.84. The number of rotatable bonds is 2. The lowest BCUT2D eigenvalue weighted by Crippen LogP contribution is -2.34. The van der Waals surface area contributed by atoms with Crippen LogP contribution in [-0.2, 0) is 7.05 Å². The highest BCUT2D eigenvalue weighted by molar-refractivity contribution is 14.1. The number of nitrogens with zero attached hydrogens (tertiary/aromatic N) is 3. The Bertz CT molecular complexity index is 934. The first-order valence-corrected chi connectivity index (χ1v) is 8.19. The summed E-state index contributed by atoms with van der Waals surface area (Å²) in [6.07, 6.45) is 1.43. The zero-order valence-electron chi connectivity index (χ0n) is 13.0. The second kappa shape index (κ2) is 6.56. The fraction of sp³-hybridized carbons (Fsp3) is 0.125. The van der Waals surface area contributed by atoms with Gasteiger partial charge in [-0.1, -0.05) is 0 Å². The summed E-state index contributed by atoms with van der Waals surface area (Å²) in [5.41, 5.74) is 2.37. The molecule has 3 aromatic rings. The van der Waals surface area contributed by atoms with Gasteiger partial charge in [-0.2, -0.15) is 5.10 Å². The standard InChI is InChI=1S/C16H14IN5O2/c1-9-13-7-10(8-18-14(13)22(2)21-9)15(23)20-16(24)19-12-5-3-11(17)4-6-12/h3-8H,1-2H3,(H2,19,20,23,24). The molecule has 2 N–H and O–H groups in total. The molecule has 0 unspecified atom stereocenters. The van der Waals surface area contributed by atoms with Crippen LogP contribution >= 0.6 is 22.6 Å². The molecule has 3 amide bonds. The van der Waals surface area contributed by atoms with Crippen molar-refractivity contribution in [3.05, 3.63) is 51.4 Å². The largest absolute Gasteiger partial charge is 0.326 e. The first kappa shape index (κ1) is 16.4. The topological polar surface area (TPSA) is 88.9 Å². The third kappa shape index (κ3) is 3.37. The Balaban J connectivity index is 1.73. The number of hydrogen-bond acceptors (Lipinski definition) is 4. The highest BCUT2D eigenvalue weighted by Crippen LogP contribution is 2.16. The summed E-state index contributed by atoms with van der Waals surface area (Å²) >= 11 is 2.17. The third-order valence-corrected chi connectivity index (χ3v) is 4.17. The van der Waals surface area contributed by atoms with Crippen LogP contribution in [0, 0.1) is 10.5 Å².